The smallest absolute Gasteiger partial charge is 0.445 e. The van der Waals surface area contributed by atoms with Gasteiger partial charge in [0.2, 0.25) is 6.08 Å². The van der Waals surface area contributed by atoms with Gasteiger partial charge in [0.15, 0.2) is 0 Å². The molecule has 12 nitrogen and oxygen atoms in total. The summed E-state index contributed by atoms with van der Waals surface area (Å²) in [6.07, 6.45) is 2.50. The summed E-state index contributed by atoms with van der Waals surface area (Å²) in [6, 6.07) is 38.4. The lowest BCUT2D eigenvalue weighted by Crippen LogP contribution is -2.46. The fourth-order valence-corrected chi connectivity index (χ4v) is 12.9. The number of isocyanates is 1. The molecule has 2 N–H and O–H groups in total. The van der Waals surface area contributed by atoms with E-state index in [1.165, 1.54) is 16.9 Å². The Kier molecular flexibility index (Phi) is 22.8. The minimum absolute atomic E-state index is 0.0852. The second-order valence-corrected chi connectivity index (χ2v) is 19.9. The van der Waals surface area contributed by atoms with Crippen molar-refractivity contribution in [1.82, 2.24) is 5.32 Å². The van der Waals surface area contributed by atoms with E-state index in [-0.39, 0.29) is 13.2 Å². The molecule has 0 saturated carbocycles. The fraction of sp³-hybridized carbons (Fsp3) is 0.400. The number of rotatable bonds is 23. The molecule has 0 heterocycles. The number of hydrogen-bond donors (Lipinski definition) is 2. The van der Waals surface area contributed by atoms with E-state index < -0.39 is 23.7 Å². The van der Waals surface area contributed by atoms with Crippen LogP contribution in [0.4, 0.5) is 4.79 Å². The maximum absolute atomic E-state index is 12.4. The Morgan fingerprint density at radius 2 is 0.922 bits per heavy atom. The van der Waals surface area contributed by atoms with Crippen molar-refractivity contribution in [1.29, 1.82) is 0 Å². The average Bonchev–Trinajstić information content (AvgIpc) is 3.31. The molecule has 14 heteroatoms. The third-order valence-corrected chi connectivity index (χ3v) is 16.5. The van der Waals surface area contributed by atoms with Gasteiger partial charge >= 0.3 is 23.7 Å². The molecule has 64 heavy (non-hydrogen) atoms. The highest BCUT2D eigenvalue weighted by atomic mass is 28.4. The molecule has 0 aliphatic carbocycles. The van der Waals surface area contributed by atoms with Gasteiger partial charge < -0.3 is 41.7 Å². The first-order valence-electron chi connectivity index (χ1n) is 22.4. The summed E-state index contributed by atoms with van der Waals surface area (Å²) in [7, 11) is -5.23. The van der Waals surface area contributed by atoms with Gasteiger partial charge in [0.1, 0.15) is 6.61 Å². The van der Waals surface area contributed by atoms with Crippen LogP contribution in [0.5, 0.6) is 0 Å². The highest BCUT2D eigenvalue weighted by Crippen LogP contribution is 2.30. The summed E-state index contributed by atoms with van der Waals surface area (Å²) < 4.78 is 40.1. The van der Waals surface area contributed by atoms with Gasteiger partial charge in [-0.25, -0.2) is 14.6 Å². The van der Waals surface area contributed by atoms with Gasteiger partial charge in [-0.1, -0.05) is 97.1 Å². The molecule has 6 aromatic rings. The monoisotopic (exact) mass is 910 g/mol. The number of hydrogen-bond acceptors (Lipinski definition) is 11. The third-order valence-electron chi connectivity index (χ3n) is 10.2. The number of amides is 1. The van der Waals surface area contributed by atoms with Crippen molar-refractivity contribution in [3.8, 4) is 0 Å². The lowest BCUT2D eigenvalue weighted by atomic mass is 9.97. The number of aliphatic hydroxyl groups is 1. The topological polar surface area (TPSA) is 143 Å². The number of benzene rings is 6. The van der Waals surface area contributed by atoms with Crippen molar-refractivity contribution in [2.75, 3.05) is 52.7 Å². The molecule has 0 radical (unpaired) electrons. The lowest BCUT2D eigenvalue weighted by molar-refractivity contribution is 0.0700. The van der Waals surface area contributed by atoms with E-state index in [9.17, 15) is 14.7 Å². The molecule has 6 aromatic carbocycles. The third kappa shape index (κ3) is 15.1. The Labute approximate surface area is 380 Å². The molecule has 0 spiro atoms. The molecular weight excluding hydrogens is 845 g/mol. The number of nitrogens with zero attached hydrogens (tertiary/aromatic N) is 1. The van der Waals surface area contributed by atoms with E-state index >= 15 is 0 Å². The van der Waals surface area contributed by atoms with Gasteiger partial charge in [-0.15, -0.1) is 0 Å². The van der Waals surface area contributed by atoms with E-state index in [4.69, 9.17) is 31.3 Å². The van der Waals surface area contributed by atoms with Crippen LogP contribution in [0.25, 0.3) is 43.1 Å². The van der Waals surface area contributed by atoms with Crippen LogP contribution < -0.4 is 5.32 Å². The lowest BCUT2D eigenvalue weighted by Gasteiger charge is -2.28. The molecule has 0 saturated heterocycles. The van der Waals surface area contributed by atoms with Crippen molar-refractivity contribution in [3.05, 3.63) is 120 Å². The molecule has 0 aromatic heterocycles. The van der Waals surface area contributed by atoms with Crippen molar-refractivity contribution >= 4 is 72.9 Å². The molecule has 0 bridgehead atoms. The average molecular weight is 911 g/mol. The number of aliphatic imine (C=N–C) groups is 1. The molecule has 0 aliphatic heterocycles. The van der Waals surface area contributed by atoms with E-state index in [0.717, 1.165) is 49.9 Å². The first kappa shape index (κ1) is 51.8. The maximum atomic E-state index is 12.4. The molecule has 6 rings (SSSR count). The summed E-state index contributed by atoms with van der Waals surface area (Å²) in [5.74, 6) is 0. The largest absolute Gasteiger partial charge is 0.500 e. The molecule has 0 atom stereocenters. The highest BCUT2D eigenvalue weighted by molar-refractivity contribution is 6.61. The van der Waals surface area contributed by atoms with Crippen molar-refractivity contribution in [2.45, 2.75) is 79.7 Å². The zero-order chi connectivity index (χ0) is 46.0. The Bertz CT molecular complexity index is 2230. The Hall–Kier alpha value is -4.84. The predicted octanol–water partition coefficient (Wildman–Crippen LogP) is 10.9. The van der Waals surface area contributed by atoms with Gasteiger partial charge in [0, 0.05) is 63.8 Å². The van der Waals surface area contributed by atoms with Gasteiger partial charge in [0.25, 0.3) is 0 Å². The fourth-order valence-electron chi connectivity index (χ4n) is 7.65. The van der Waals surface area contributed by atoms with Gasteiger partial charge in [-0.05, 0) is 115 Å². The molecule has 0 unspecified atom stereocenters. The first-order chi connectivity index (χ1) is 31.3. The number of aliphatic hydroxyl groups excluding tert-OH is 1. The predicted molar refractivity (Wildman–Crippen MR) is 260 cm³/mol. The van der Waals surface area contributed by atoms with E-state index in [2.05, 4.69) is 71.0 Å². The van der Waals surface area contributed by atoms with Crippen molar-refractivity contribution in [2.24, 2.45) is 4.99 Å². The van der Waals surface area contributed by atoms with Crippen molar-refractivity contribution < 1.29 is 46.0 Å². The minimum atomic E-state index is -2.69. The van der Waals surface area contributed by atoms with Crippen LogP contribution >= 0.6 is 0 Å². The summed E-state index contributed by atoms with van der Waals surface area (Å²) in [4.78, 5) is 25.8. The minimum Gasteiger partial charge on any atom is -0.445 e. The summed E-state index contributed by atoms with van der Waals surface area (Å²) in [6.45, 7) is 16.1. The molecule has 1 amide bonds. The van der Waals surface area contributed by atoms with Gasteiger partial charge in [-0.2, -0.15) is 0 Å². The van der Waals surface area contributed by atoms with Crippen LogP contribution in [0, 0.1) is 0 Å². The Morgan fingerprint density at radius 3 is 1.28 bits per heavy atom. The molecule has 0 fully saturated rings. The number of carbonyl (C=O) groups is 1. The Morgan fingerprint density at radius 1 is 0.562 bits per heavy atom. The summed E-state index contributed by atoms with van der Waals surface area (Å²) >= 11 is 0. The second-order valence-electron chi connectivity index (χ2n) is 14.4. The second kappa shape index (κ2) is 28.2. The van der Waals surface area contributed by atoms with Gasteiger partial charge in [-0.3, -0.25) is 0 Å². The zero-order valence-corrected chi connectivity index (χ0v) is 40.4. The Balaban J connectivity index is 0.000000234. The number of nitrogens with one attached hydrogen (secondary N) is 1. The van der Waals surface area contributed by atoms with Crippen LogP contribution in [0.1, 0.15) is 65.5 Å². The standard InChI is InChI=1S/C25H33NO5Si.C15H12O.C10H21NO4Si/c1-4-29-32(30-5-2,31-6-3)17-11-16-26-25(27)28-19-24-22-14-9-7-12-20(22)18-21-13-8-10-15-23(21)24;16-10-15-13-7-3-1-5-11(13)9-12-6-2-4-8-14(12)15;1-4-13-16(14-5-2,15-6-3)9-7-8-11-10-12/h7-10,12-15,18H,4-6,11,16-17,19H2,1-3H3,(H,26,27);1-9,16H,10H2;4-9H2,1-3H3. The van der Waals surface area contributed by atoms with Gasteiger partial charge in [0.05, 0.1) is 13.2 Å². The van der Waals surface area contributed by atoms with Crippen LogP contribution in [0.2, 0.25) is 12.1 Å². The molecular formula is C50H66N2O10Si2. The number of carbonyl (C=O) groups excluding carboxylic acids is 2. The SMILES string of the molecule is CCO[Si](CCCN=C=O)(OCC)OCC.CCO[Si](CCCNC(=O)OCc1c2ccccc2cc2ccccc12)(OCC)OCC.OCc1c2ccccc2cc2ccccc12. The first-order valence-corrected chi connectivity index (χ1v) is 26.3. The van der Waals surface area contributed by atoms with E-state index in [0.29, 0.717) is 71.2 Å². The molecule has 0 aliphatic rings. The quantitative estimate of drug-likeness (QED) is 0.0210. The summed E-state index contributed by atoms with van der Waals surface area (Å²) in [5.41, 5.74) is 2.04. The number of alkyl carbamates (subject to hydrolysis) is 1. The van der Waals surface area contributed by atoms with Crippen LogP contribution in [0.15, 0.2) is 114 Å². The number of ether oxygens (including phenoxy) is 1. The van der Waals surface area contributed by atoms with Crippen molar-refractivity contribution in [3.63, 3.8) is 0 Å². The van der Waals surface area contributed by atoms with Crippen LogP contribution in [0.3, 0.4) is 0 Å². The number of fused-ring (bicyclic) bond motifs is 4. The van der Waals surface area contributed by atoms with E-state index in [1.54, 1.807) is 0 Å². The molecule has 344 valence electrons. The van der Waals surface area contributed by atoms with Crippen LogP contribution in [-0.4, -0.2) is 87.6 Å². The highest BCUT2D eigenvalue weighted by Gasteiger charge is 2.40. The van der Waals surface area contributed by atoms with Crippen LogP contribution in [-0.2, 0) is 49.3 Å². The zero-order valence-electron chi connectivity index (χ0n) is 38.4. The van der Waals surface area contributed by atoms with E-state index in [1.807, 2.05) is 90.1 Å². The maximum Gasteiger partial charge on any atom is 0.500 e. The normalized spacial score (nSPS) is 11.4. The summed E-state index contributed by atoms with van der Waals surface area (Å²) in [5, 5.41) is 21.5.